The van der Waals surface area contributed by atoms with Crippen LogP contribution in [0.3, 0.4) is 0 Å². The second-order valence-corrected chi connectivity index (χ2v) is 6.15. The maximum atomic E-state index is 13.9. The van der Waals surface area contributed by atoms with Gasteiger partial charge in [-0.3, -0.25) is 10.2 Å². The van der Waals surface area contributed by atoms with Crippen LogP contribution in [0.5, 0.6) is 0 Å². The molecule has 2 aliphatic heterocycles. The van der Waals surface area contributed by atoms with Gasteiger partial charge in [-0.25, -0.2) is 9.40 Å². The van der Waals surface area contributed by atoms with Gasteiger partial charge in [-0.2, -0.15) is 0 Å². The van der Waals surface area contributed by atoms with Gasteiger partial charge in [-0.05, 0) is 19.3 Å². The number of alkyl halides is 1. The summed E-state index contributed by atoms with van der Waals surface area (Å²) in [6, 6.07) is 0.0534. The van der Waals surface area contributed by atoms with Crippen molar-refractivity contribution < 1.29 is 13.9 Å². The van der Waals surface area contributed by atoms with E-state index in [0.29, 0.717) is 32.7 Å². The van der Waals surface area contributed by atoms with Gasteiger partial charge in [0.25, 0.3) is 0 Å². The standard InChI is InChI=1S/C14H24FN3O2/c15-12-3-1-2-4-13(12)18-8-11(7-16-18)17-14(19)10-5-6-20-9-10/h10-13,16H,1-9H2,(H,17,19). The molecule has 0 aromatic rings. The minimum absolute atomic E-state index is 0.00680. The van der Waals surface area contributed by atoms with Crippen molar-refractivity contribution in [3.8, 4) is 0 Å². The smallest absolute Gasteiger partial charge is 0.225 e. The molecule has 4 unspecified atom stereocenters. The van der Waals surface area contributed by atoms with Crippen LogP contribution in [0.15, 0.2) is 0 Å². The lowest BCUT2D eigenvalue weighted by molar-refractivity contribution is -0.125. The van der Waals surface area contributed by atoms with Crippen molar-refractivity contribution in [1.29, 1.82) is 0 Å². The van der Waals surface area contributed by atoms with Crippen LogP contribution in [-0.2, 0) is 9.53 Å². The summed E-state index contributed by atoms with van der Waals surface area (Å²) in [5.74, 6) is 0.0734. The molecule has 3 aliphatic rings. The fourth-order valence-corrected chi connectivity index (χ4v) is 3.42. The summed E-state index contributed by atoms with van der Waals surface area (Å²) in [6.45, 7) is 2.61. The Balaban J connectivity index is 1.47. The first-order chi connectivity index (χ1) is 9.74. The van der Waals surface area contributed by atoms with Crippen LogP contribution in [-0.4, -0.2) is 55.5 Å². The zero-order valence-electron chi connectivity index (χ0n) is 11.8. The minimum Gasteiger partial charge on any atom is -0.381 e. The molecule has 4 atom stereocenters. The van der Waals surface area contributed by atoms with Crippen molar-refractivity contribution in [1.82, 2.24) is 15.8 Å². The molecule has 2 heterocycles. The largest absolute Gasteiger partial charge is 0.381 e. The van der Waals surface area contributed by atoms with E-state index in [1.807, 2.05) is 5.01 Å². The number of nitrogens with one attached hydrogen (secondary N) is 2. The van der Waals surface area contributed by atoms with E-state index in [1.165, 1.54) is 0 Å². The third-order valence-corrected chi connectivity index (χ3v) is 4.65. The number of hydrogen-bond acceptors (Lipinski definition) is 4. The predicted octanol–water partition coefficient (Wildman–Crippen LogP) is 0.609. The molecule has 1 aliphatic carbocycles. The van der Waals surface area contributed by atoms with Gasteiger partial charge in [-0.15, -0.1) is 0 Å². The van der Waals surface area contributed by atoms with Gasteiger partial charge in [0.05, 0.1) is 24.6 Å². The van der Waals surface area contributed by atoms with Crippen molar-refractivity contribution in [2.45, 2.75) is 50.4 Å². The summed E-state index contributed by atoms with van der Waals surface area (Å²) < 4.78 is 19.2. The van der Waals surface area contributed by atoms with Gasteiger partial charge in [-0.1, -0.05) is 12.8 Å². The van der Waals surface area contributed by atoms with Crippen molar-refractivity contribution in [3.63, 3.8) is 0 Å². The van der Waals surface area contributed by atoms with E-state index in [9.17, 15) is 9.18 Å². The Kier molecular flexibility index (Phi) is 4.53. The quantitative estimate of drug-likeness (QED) is 0.798. The van der Waals surface area contributed by atoms with Gasteiger partial charge in [0, 0.05) is 19.7 Å². The number of nitrogens with zero attached hydrogens (tertiary/aromatic N) is 1. The molecule has 2 N–H and O–H groups in total. The van der Waals surface area contributed by atoms with Crippen LogP contribution in [0.25, 0.3) is 0 Å². The number of carbonyl (C=O) groups is 1. The van der Waals surface area contributed by atoms with E-state index in [-0.39, 0.29) is 23.9 Å². The Morgan fingerprint density at radius 1 is 1.30 bits per heavy atom. The van der Waals surface area contributed by atoms with E-state index in [4.69, 9.17) is 4.74 Å². The van der Waals surface area contributed by atoms with Gasteiger partial charge < -0.3 is 10.1 Å². The van der Waals surface area contributed by atoms with E-state index in [0.717, 1.165) is 25.7 Å². The SMILES string of the molecule is O=C(NC1CNN(C2CCCCC2F)C1)C1CCOC1. The second-order valence-electron chi connectivity index (χ2n) is 6.15. The Morgan fingerprint density at radius 2 is 2.15 bits per heavy atom. The summed E-state index contributed by atoms with van der Waals surface area (Å²) >= 11 is 0. The van der Waals surface area contributed by atoms with Crippen LogP contribution in [0.1, 0.15) is 32.1 Å². The zero-order chi connectivity index (χ0) is 13.9. The number of amides is 1. The number of hydrogen-bond donors (Lipinski definition) is 2. The molecule has 0 aromatic carbocycles. The predicted molar refractivity (Wildman–Crippen MR) is 72.7 cm³/mol. The average molecular weight is 285 g/mol. The van der Waals surface area contributed by atoms with Crippen molar-refractivity contribution in [2.24, 2.45) is 5.92 Å². The van der Waals surface area contributed by atoms with Crippen molar-refractivity contribution >= 4 is 5.91 Å². The zero-order valence-corrected chi connectivity index (χ0v) is 11.8. The fourth-order valence-electron chi connectivity index (χ4n) is 3.42. The number of hydrazine groups is 1. The average Bonchev–Trinajstić information content (AvgIpc) is 3.10. The third kappa shape index (κ3) is 3.13. The van der Waals surface area contributed by atoms with Crippen molar-refractivity contribution in [3.05, 3.63) is 0 Å². The molecule has 2 saturated heterocycles. The van der Waals surface area contributed by atoms with E-state index in [2.05, 4.69) is 10.7 Å². The Morgan fingerprint density at radius 3 is 2.90 bits per heavy atom. The number of rotatable bonds is 3. The monoisotopic (exact) mass is 285 g/mol. The fraction of sp³-hybridized carbons (Fsp3) is 0.929. The summed E-state index contributed by atoms with van der Waals surface area (Å²) in [5.41, 5.74) is 3.25. The van der Waals surface area contributed by atoms with Crippen LogP contribution in [0.2, 0.25) is 0 Å². The molecule has 0 bridgehead atoms. The number of halogens is 1. The van der Waals surface area contributed by atoms with Gasteiger partial charge >= 0.3 is 0 Å². The highest BCUT2D eigenvalue weighted by atomic mass is 19.1. The molecule has 3 rings (SSSR count). The first-order valence-corrected chi connectivity index (χ1v) is 7.76. The topological polar surface area (TPSA) is 53.6 Å². The Labute approximate surface area is 119 Å². The summed E-state index contributed by atoms with van der Waals surface area (Å²) in [6.07, 6.45) is 3.73. The molecule has 1 amide bonds. The van der Waals surface area contributed by atoms with Gasteiger partial charge in [0.1, 0.15) is 6.17 Å². The molecule has 0 radical (unpaired) electrons. The minimum atomic E-state index is -0.742. The number of ether oxygens (including phenoxy) is 1. The van der Waals surface area contributed by atoms with Crippen LogP contribution >= 0.6 is 0 Å². The molecule has 0 aromatic heterocycles. The molecule has 5 nitrogen and oxygen atoms in total. The van der Waals surface area contributed by atoms with Crippen molar-refractivity contribution in [2.75, 3.05) is 26.3 Å². The molecular formula is C14H24FN3O2. The van der Waals surface area contributed by atoms with Crippen LogP contribution in [0, 0.1) is 5.92 Å². The highest BCUT2D eigenvalue weighted by molar-refractivity contribution is 5.79. The molecular weight excluding hydrogens is 261 g/mol. The first kappa shape index (κ1) is 14.2. The van der Waals surface area contributed by atoms with Crippen LogP contribution < -0.4 is 10.7 Å². The molecule has 0 spiro atoms. The molecule has 20 heavy (non-hydrogen) atoms. The van der Waals surface area contributed by atoms with E-state index < -0.39 is 6.17 Å². The Hall–Kier alpha value is -0.720. The molecule has 114 valence electrons. The summed E-state index contributed by atoms with van der Waals surface area (Å²) in [5, 5.41) is 5.06. The normalized spacial score (nSPS) is 39.0. The molecule has 3 fully saturated rings. The maximum Gasteiger partial charge on any atom is 0.225 e. The van der Waals surface area contributed by atoms with Gasteiger partial charge in [0.15, 0.2) is 0 Å². The number of carbonyl (C=O) groups excluding carboxylic acids is 1. The summed E-state index contributed by atoms with van der Waals surface area (Å²) in [7, 11) is 0. The lowest BCUT2D eigenvalue weighted by Gasteiger charge is -2.33. The van der Waals surface area contributed by atoms with Crippen LogP contribution in [0.4, 0.5) is 4.39 Å². The maximum absolute atomic E-state index is 13.9. The van der Waals surface area contributed by atoms with E-state index >= 15 is 0 Å². The van der Waals surface area contributed by atoms with E-state index in [1.54, 1.807) is 0 Å². The Bertz CT molecular complexity index is 349. The second kappa shape index (κ2) is 6.37. The van der Waals surface area contributed by atoms with Gasteiger partial charge in [0.2, 0.25) is 5.91 Å². The first-order valence-electron chi connectivity index (χ1n) is 7.76. The highest BCUT2D eigenvalue weighted by Crippen LogP contribution is 2.26. The molecule has 1 saturated carbocycles. The molecule has 6 heteroatoms. The lowest BCUT2D eigenvalue weighted by atomic mass is 9.93. The highest BCUT2D eigenvalue weighted by Gasteiger charge is 2.36. The third-order valence-electron chi connectivity index (χ3n) is 4.65. The lowest BCUT2D eigenvalue weighted by Crippen LogP contribution is -2.48. The summed E-state index contributed by atoms with van der Waals surface area (Å²) in [4.78, 5) is 12.0.